The number of benzene rings is 1. The molecule has 1 aromatic heterocycles. The average molecular weight is 385 g/mol. The fourth-order valence-electron chi connectivity index (χ4n) is 4.67. The zero-order chi connectivity index (χ0) is 18.8. The van der Waals surface area contributed by atoms with Crippen LogP contribution < -0.4 is 0 Å². The number of likely N-dealkylation sites (tertiary alicyclic amines) is 1. The Hall–Kier alpha value is -1.82. The second-order valence-corrected chi connectivity index (χ2v) is 8.72. The van der Waals surface area contributed by atoms with Gasteiger partial charge in [-0.05, 0) is 57.1 Å². The number of piperidine rings is 1. The zero-order valence-corrected chi connectivity index (χ0v) is 17.0. The van der Waals surface area contributed by atoms with Crippen LogP contribution in [0.5, 0.6) is 0 Å². The van der Waals surface area contributed by atoms with Crippen molar-refractivity contribution in [3.8, 4) is 5.69 Å². The predicted octanol–water partition coefficient (Wildman–Crippen LogP) is 4.16. The van der Waals surface area contributed by atoms with Gasteiger partial charge in [-0.2, -0.15) is 0 Å². The largest absolute Gasteiger partial charge is 0.339 e. The van der Waals surface area contributed by atoms with Gasteiger partial charge in [-0.1, -0.05) is 42.8 Å². The minimum Gasteiger partial charge on any atom is -0.339 e. The lowest BCUT2D eigenvalue weighted by Gasteiger charge is -2.44. The van der Waals surface area contributed by atoms with Gasteiger partial charge in [0.1, 0.15) is 5.82 Å². The first kappa shape index (κ1) is 18.5. The summed E-state index contributed by atoms with van der Waals surface area (Å²) < 4.78 is 2.06. The first-order valence-corrected chi connectivity index (χ1v) is 11.0. The summed E-state index contributed by atoms with van der Waals surface area (Å²) in [5.41, 5.74) is 2.26. The molecule has 144 valence electrons. The quantitative estimate of drug-likeness (QED) is 0.743. The fourth-order valence-corrected chi connectivity index (χ4v) is 5.55. The fraction of sp³-hybridized carbons (Fsp3) is 0.571. The molecule has 6 heteroatoms. The summed E-state index contributed by atoms with van der Waals surface area (Å²) in [5.74, 6) is 2.27. The van der Waals surface area contributed by atoms with Crippen LogP contribution in [0.25, 0.3) is 5.69 Å². The molecule has 2 fully saturated rings. The van der Waals surface area contributed by atoms with E-state index in [1.807, 2.05) is 19.1 Å². The summed E-state index contributed by atoms with van der Waals surface area (Å²) in [5, 5.41) is 9.39. The molecule has 2 unspecified atom stereocenters. The van der Waals surface area contributed by atoms with E-state index < -0.39 is 0 Å². The number of aromatic nitrogens is 3. The monoisotopic (exact) mass is 384 g/mol. The zero-order valence-electron chi connectivity index (χ0n) is 16.2. The molecule has 27 heavy (non-hydrogen) atoms. The maximum Gasteiger partial charge on any atom is 0.233 e. The van der Waals surface area contributed by atoms with Crippen LogP contribution in [0.15, 0.2) is 29.4 Å². The third kappa shape index (κ3) is 3.77. The molecule has 4 rings (SSSR count). The van der Waals surface area contributed by atoms with Crippen molar-refractivity contribution < 1.29 is 4.79 Å². The molecular formula is C21H28N4OS. The molecule has 0 N–H and O–H groups in total. The molecule has 1 saturated heterocycles. The lowest BCUT2D eigenvalue weighted by atomic mass is 9.78. The number of hydrogen-bond acceptors (Lipinski definition) is 4. The highest BCUT2D eigenvalue weighted by molar-refractivity contribution is 7.99. The first-order chi connectivity index (χ1) is 13.1. The Labute approximate surface area is 165 Å². The molecule has 1 aliphatic heterocycles. The van der Waals surface area contributed by atoms with Gasteiger partial charge in [-0.25, -0.2) is 0 Å². The number of rotatable bonds is 4. The first-order valence-electron chi connectivity index (χ1n) is 10.1. The van der Waals surface area contributed by atoms with E-state index in [0.717, 1.165) is 35.6 Å². The Morgan fingerprint density at radius 3 is 2.74 bits per heavy atom. The van der Waals surface area contributed by atoms with Crippen molar-refractivity contribution in [1.29, 1.82) is 0 Å². The third-order valence-electron chi connectivity index (χ3n) is 6.04. The van der Waals surface area contributed by atoms with Crippen molar-refractivity contribution in [2.24, 2.45) is 5.92 Å². The third-order valence-corrected chi connectivity index (χ3v) is 6.95. The molecule has 1 amide bonds. The minimum atomic E-state index is 0.258. The molecule has 2 heterocycles. The van der Waals surface area contributed by atoms with Crippen molar-refractivity contribution in [2.45, 2.75) is 63.6 Å². The Morgan fingerprint density at radius 1 is 1.11 bits per heavy atom. The van der Waals surface area contributed by atoms with Crippen molar-refractivity contribution in [3.63, 3.8) is 0 Å². The number of nitrogens with zero attached hydrogens (tertiary/aromatic N) is 4. The Kier molecular flexibility index (Phi) is 5.53. The van der Waals surface area contributed by atoms with Crippen LogP contribution in [0.3, 0.4) is 0 Å². The van der Waals surface area contributed by atoms with Crippen LogP contribution in [-0.2, 0) is 4.79 Å². The molecule has 2 atom stereocenters. The molecule has 0 spiro atoms. The van der Waals surface area contributed by atoms with E-state index in [4.69, 9.17) is 0 Å². The van der Waals surface area contributed by atoms with Gasteiger partial charge in [0.25, 0.3) is 0 Å². The highest BCUT2D eigenvalue weighted by Gasteiger charge is 2.35. The van der Waals surface area contributed by atoms with Gasteiger partial charge in [0.15, 0.2) is 5.16 Å². The van der Waals surface area contributed by atoms with Gasteiger partial charge in [0, 0.05) is 12.6 Å². The summed E-state index contributed by atoms with van der Waals surface area (Å²) in [6.45, 7) is 4.97. The number of para-hydroxylation sites is 1. The van der Waals surface area contributed by atoms with Gasteiger partial charge in [0.05, 0.1) is 11.4 Å². The van der Waals surface area contributed by atoms with Crippen LogP contribution >= 0.6 is 11.8 Å². The molecule has 0 bridgehead atoms. The lowest BCUT2D eigenvalue weighted by molar-refractivity contribution is -0.134. The maximum atomic E-state index is 13.0. The second-order valence-electron chi connectivity index (χ2n) is 7.78. The van der Waals surface area contributed by atoms with Crippen LogP contribution in [0.4, 0.5) is 0 Å². The van der Waals surface area contributed by atoms with E-state index in [9.17, 15) is 4.79 Å². The smallest absolute Gasteiger partial charge is 0.233 e. The second kappa shape index (κ2) is 8.05. The maximum absolute atomic E-state index is 13.0. The summed E-state index contributed by atoms with van der Waals surface area (Å²) in [6.07, 6.45) is 7.51. The van der Waals surface area contributed by atoms with Crippen LogP contribution in [-0.4, -0.2) is 43.9 Å². The van der Waals surface area contributed by atoms with Crippen molar-refractivity contribution >= 4 is 17.7 Å². The number of thioether (sulfide) groups is 1. The summed E-state index contributed by atoms with van der Waals surface area (Å²) in [6, 6.07) is 8.70. The number of carbonyl (C=O) groups is 1. The van der Waals surface area contributed by atoms with E-state index in [1.54, 1.807) is 0 Å². The molecular weight excluding hydrogens is 356 g/mol. The highest BCUT2D eigenvalue weighted by atomic mass is 32.2. The van der Waals surface area contributed by atoms with Crippen molar-refractivity contribution in [3.05, 3.63) is 35.7 Å². The SMILES string of the molecule is Cc1ccccc1-n1c(C)nnc1SCC(=O)N1CCCC2CCCCC21. The van der Waals surface area contributed by atoms with E-state index in [-0.39, 0.29) is 5.91 Å². The summed E-state index contributed by atoms with van der Waals surface area (Å²) in [7, 11) is 0. The molecule has 2 aliphatic rings. The van der Waals surface area contributed by atoms with Gasteiger partial charge in [-0.3, -0.25) is 9.36 Å². The Balaban J connectivity index is 1.48. The topological polar surface area (TPSA) is 51.0 Å². The number of amides is 1. The number of hydrogen-bond donors (Lipinski definition) is 0. The molecule has 1 aromatic carbocycles. The van der Waals surface area contributed by atoms with E-state index >= 15 is 0 Å². The van der Waals surface area contributed by atoms with Crippen molar-refractivity contribution in [2.75, 3.05) is 12.3 Å². The molecule has 1 saturated carbocycles. The number of carbonyl (C=O) groups excluding carboxylic acids is 1. The number of fused-ring (bicyclic) bond motifs is 1. The summed E-state index contributed by atoms with van der Waals surface area (Å²) in [4.78, 5) is 15.2. The van der Waals surface area contributed by atoms with Crippen molar-refractivity contribution in [1.82, 2.24) is 19.7 Å². The molecule has 2 aromatic rings. The molecule has 1 aliphatic carbocycles. The van der Waals surface area contributed by atoms with Gasteiger partial charge < -0.3 is 4.90 Å². The standard InChI is InChI=1S/C21H28N4OS/c1-15-8-3-5-11-18(15)25-16(2)22-23-21(25)27-14-20(26)24-13-7-10-17-9-4-6-12-19(17)24/h3,5,8,11,17,19H,4,6-7,9-10,12-14H2,1-2H3. The van der Waals surface area contributed by atoms with Gasteiger partial charge in [-0.15, -0.1) is 10.2 Å². The number of aryl methyl sites for hydroxylation is 2. The molecule has 0 radical (unpaired) electrons. The molecule has 5 nitrogen and oxygen atoms in total. The predicted molar refractivity (Wildman–Crippen MR) is 108 cm³/mol. The summed E-state index contributed by atoms with van der Waals surface area (Å²) >= 11 is 1.51. The average Bonchev–Trinajstić information content (AvgIpc) is 3.06. The van der Waals surface area contributed by atoms with Crippen LogP contribution in [0.2, 0.25) is 0 Å². The van der Waals surface area contributed by atoms with Gasteiger partial charge >= 0.3 is 0 Å². The highest BCUT2D eigenvalue weighted by Crippen LogP contribution is 2.35. The Bertz CT molecular complexity index is 816. The van der Waals surface area contributed by atoms with Gasteiger partial charge in [0.2, 0.25) is 5.91 Å². The minimum absolute atomic E-state index is 0.258. The van der Waals surface area contributed by atoms with E-state index in [2.05, 4.69) is 38.7 Å². The lowest BCUT2D eigenvalue weighted by Crippen LogP contribution is -2.50. The van der Waals surface area contributed by atoms with E-state index in [1.165, 1.54) is 49.4 Å². The van der Waals surface area contributed by atoms with Crippen LogP contribution in [0, 0.1) is 19.8 Å². The Morgan fingerprint density at radius 2 is 1.89 bits per heavy atom. The van der Waals surface area contributed by atoms with Crippen LogP contribution in [0.1, 0.15) is 49.9 Å². The normalized spacial score (nSPS) is 22.5. The van der Waals surface area contributed by atoms with E-state index in [0.29, 0.717) is 11.8 Å².